The monoisotopic (exact) mass is 325 g/mol. The zero-order valence-corrected chi connectivity index (χ0v) is 12.2. The van der Waals surface area contributed by atoms with E-state index in [1.165, 1.54) is 0 Å². The van der Waals surface area contributed by atoms with Crippen LogP contribution in [-0.2, 0) is 9.59 Å². The molecule has 0 atom stereocenters. The van der Waals surface area contributed by atoms with Gasteiger partial charge in [-0.2, -0.15) is 0 Å². The van der Waals surface area contributed by atoms with Crippen LogP contribution >= 0.6 is 0 Å². The van der Waals surface area contributed by atoms with Gasteiger partial charge in [0.2, 0.25) is 0 Å². The minimum atomic E-state index is -0.658. The summed E-state index contributed by atoms with van der Waals surface area (Å²) in [5, 5.41) is 21.7. The number of nitrogens with zero attached hydrogens (tertiary/aromatic N) is 2. The molecular weight excluding hydrogens is 314 g/mol. The Balaban J connectivity index is 1.99. The normalized spacial score (nSPS) is 15.7. The zero-order chi connectivity index (χ0) is 17.3. The molecule has 0 aliphatic carbocycles. The van der Waals surface area contributed by atoms with Gasteiger partial charge in [-0.15, -0.1) is 0 Å². The Hall–Kier alpha value is -3.68. The minimum Gasteiger partial charge on any atom is -0.507 e. The second kappa shape index (κ2) is 5.84. The number of nitro groups is 1. The van der Waals surface area contributed by atoms with Crippen LogP contribution in [0.15, 0.2) is 54.1 Å². The number of rotatable bonds is 3. The van der Waals surface area contributed by atoms with E-state index in [1.807, 2.05) is 0 Å². The van der Waals surface area contributed by atoms with Gasteiger partial charge in [0.05, 0.1) is 10.6 Å². The van der Waals surface area contributed by atoms with Gasteiger partial charge >= 0.3 is 0 Å². The number of benzene rings is 2. The number of carbonyl (C=O) groups is 2. The summed E-state index contributed by atoms with van der Waals surface area (Å²) in [6.45, 7) is 0. The number of aromatic hydroxyl groups is 1. The van der Waals surface area contributed by atoms with Gasteiger partial charge in [-0.05, 0) is 24.3 Å². The Morgan fingerprint density at radius 3 is 2.50 bits per heavy atom. The average Bonchev–Trinajstić information content (AvgIpc) is 2.85. The van der Waals surface area contributed by atoms with Crippen molar-refractivity contribution in [1.82, 2.24) is 5.43 Å². The lowest BCUT2D eigenvalue weighted by Gasteiger charge is -2.13. The number of amides is 2. The number of anilines is 1. The molecule has 0 spiro atoms. The van der Waals surface area contributed by atoms with E-state index in [2.05, 4.69) is 5.43 Å². The van der Waals surface area contributed by atoms with E-state index in [9.17, 15) is 24.8 Å². The molecular formula is C16H11N3O5. The number of hydrazine groups is 1. The molecule has 3 rings (SSSR count). The van der Waals surface area contributed by atoms with E-state index < -0.39 is 16.7 Å². The summed E-state index contributed by atoms with van der Waals surface area (Å²) in [4.78, 5) is 34.6. The second-order valence-corrected chi connectivity index (χ2v) is 4.98. The van der Waals surface area contributed by atoms with E-state index in [1.54, 1.807) is 30.3 Å². The van der Waals surface area contributed by atoms with Crippen molar-refractivity contribution in [2.45, 2.75) is 0 Å². The van der Waals surface area contributed by atoms with E-state index in [4.69, 9.17) is 0 Å². The zero-order valence-electron chi connectivity index (χ0n) is 12.2. The number of carbonyl (C=O) groups excluding carboxylic acids is 2. The van der Waals surface area contributed by atoms with Crippen molar-refractivity contribution in [2.24, 2.45) is 0 Å². The molecule has 2 N–H and O–H groups in total. The summed E-state index contributed by atoms with van der Waals surface area (Å²) in [6.07, 6.45) is 1.13. The van der Waals surface area contributed by atoms with Crippen molar-refractivity contribution in [2.75, 3.05) is 5.01 Å². The van der Waals surface area contributed by atoms with Crippen molar-refractivity contribution < 1.29 is 19.6 Å². The molecule has 8 heteroatoms. The molecule has 1 saturated heterocycles. The largest absolute Gasteiger partial charge is 0.507 e. The van der Waals surface area contributed by atoms with Gasteiger partial charge in [-0.3, -0.25) is 25.1 Å². The van der Waals surface area contributed by atoms with Crippen LogP contribution in [0.4, 0.5) is 11.4 Å². The number of para-hydroxylation sites is 1. The smallest absolute Gasteiger partial charge is 0.282 e. The number of nitro benzene ring substituents is 1. The lowest BCUT2D eigenvalue weighted by atomic mass is 10.1. The Labute approximate surface area is 135 Å². The number of phenols is 1. The molecule has 8 nitrogen and oxygen atoms in total. The van der Waals surface area contributed by atoms with Crippen LogP contribution < -0.4 is 10.4 Å². The highest BCUT2D eigenvalue weighted by Gasteiger charge is 2.34. The molecule has 0 aromatic heterocycles. The lowest BCUT2D eigenvalue weighted by Crippen LogP contribution is -2.35. The summed E-state index contributed by atoms with van der Waals surface area (Å²) >= 11 is 0. The highest BCUT2D eigenvalue weighted by atomic mass is 16.6. The van der Waals surface area contributed by atoms with Gasteiger partial charge in [0.25, 0.3) is 17.5 Å². The molecule has 0 radical (unpaired) electrons. The summed E-state index contributed by atoms with van der Waals surface area (Å²) < 4.78 is 0. The molecule has 1 aliphatic heterocycles. The van der Waals surface area contributed by atoms with Gasteiger partial charge in [0.1, 0.15) is 11.3 Å². The minimum absolute atomic E-state index is 0.0117. The van der Waals surface area contributed by atoms with E-state index in [-0.39, 0.29) is 22.6 Å². The van der Waals surface area contributed by atoms with Gasteiger partial charge in [-0.25, -0.2) is 5.01 Å². The Morgan fingerprint density at radius 2 is 1.83 bits per heavy atom. The first kappa shape index (κ1) is 15.2. The van der Waals surface area contributed by atoms with Gasteiger partial charge in [-0.1, -0.05) is 18.2 Å². The maximum Gasteiger partial charge on any atom is 0.282 e. The summed E-state index contributed by atoms with van der Waals surface area (Å²) in [6, 6.07) is 11.8. The van der Waals surface area contributed by atoms with Crippen molar-refractivity contribution in [3.05, 3.63) is 69.8 Å². The second-order valence-electron chi connectivity index (χ2n) is 4.98. The Morgan fingerprint density at radius 1 is 1.12 bits per heavy atom. The van der Waals surface area contributed by atoms with Crippen molar-refractivity contribution in [1.29, 1.82) is 0 Å². The third kappa shape index (κ3) is 2.68. The fourth-order valence-corrected chi connectivity index (χ4v) is 2.24. The molecule has 1 aliphatic rings. The molecule has 0 unspecified atom stereocenters. The van der Waals surface area contributed by atoms with Crippen molar-refractivity contribution >= 4 is 29.3 Å². The number of hydrogen-bond donors (Lipinski definition) is 2. The third-order valence-electron chi connectivity index (χ3n) is 3.43. The van der Waals surface area contributed by atoms with Crippen LogP contribution in [-0.4, -0.2) is 21.8 Å². The first-order valence-corrected chi connectivity index (χ1v) is 6.87. The van der Waals surface area contributed by atoms with E-state index >= 15 is 0 Å². The summed E-state index contributed by atoms with van der Waals surface area (Å²) in [7, 11) is 0. The lowest BCUT2D eigenvalue weighted by molar-refractivity contribution is -0.384. The molecule has 0 saturated carbocycles. The first-order chi connectivity index (χ1) is 11.5. The molecule has 2 amide bonds. The van der Waals surface area contributed by atoms with Crippen LogP contribution in [0.25, 0.3) is 6.08 Å². The maximum absolute atomic E-state index is 12.4. The Bertz CT molecular complexity index is 877. The van der Waals surface area contributed by atoms with Crippen LogP contribution in [0.1, 0.15) is 5.56 Å². The fourth-order valence-electron chi connectivity index (χ4n) is 2.24. The maximum atomic E-state index is 12.4. The van der Waals surface area contributed by atoms with Crippen molar-refractivity contribution in [3.8, 4) is 5.75 Å². The molecule has 2 aromatic rings. The number of non-ortho nitro benzene ring substituents is 1. The summed E-state index contributed by atoms with van der Waals surface area (Å²) in [5.41, 5.74) is 2.41. The SMILES string of the molecule is O=C1NN(c2ccccc2)C(=O)/C1=C/c1cc([N+](=O)[O-])ccc1O. The quantitative estimate of drug-likeness (QED) is 0.386. The first-order valence-electron chi connectivity index (χ1n) is 6.87. The number of hydrogen-bond acceptors (Lipinski definition) is 5. The van der Waals surface area contributed by atoms with E-state index in [0.29, 0.717) is 5.69 Å². The van der Waals surface area contributed by atoms with Crippen LogP contribution in [0.5, 0.6) is 5.75 Å². The topological polar surface area (TPSA) is 113 Å². The average molecular weight is 325 g/mol. The van der Waals surface area contributed by atoms with Gasteiger partial charge in [0, 0.05) is 17.7 Å². The predicted molar refractivity (Wildman–Crippen MR) is 84.8 cm³/mol. The number of phenolic OH excluding ortho intramolecular Hbond substituents is 1. The molecule has 24 heavy (non-hydrogen) atoms. The molecule has 1 fully saturated rings. The highest BCUT2D eigenvalue weighted by molar-refractivity contribution is 6.31. The Kier molecular flexibility index (Phi) is 3.70. The summed E-state index contributed by atoms with van der Waals surface area (Å²) in [5.74, 6) is -1.54. The van der Waals surface area contributed by atoms with Crippen LogP contribution in [0.2, 0.25) is 0 Å². The highest BCUT2D eigenvalue weighted by Crippen LogP contribution is 2.27. The van der Waals surface area contributed by atoms with Crippen molar-refractivity contribution in [3.63, 3.8) is 0 Å². The van der Waals surface area contributed by atoms with Gasteiger partial charge in [0.15, 0.2) is 0 Å². The molecule has 2 aromatic carbocycles. The third-order valence-corrected chi connectivity index (χ3v) is 3.43. The predicted octanol–water partition coefficient (Wildman–Crippen LogP) is 1.76. The number of nitrogens with one attached hydrogen (secondary N) is 1. The van der Waals surface area contributed by atoms with Crippen LogP contribution in [0.3, 0.4) is 0 Å². The molecule has 1 heterocycles. The molecule has 120 valence electrons. The van der Waals surface area contributed by atoms with Gasteiger partial charge < -0.3 is 5.11 Å². The standard InChI is InChI=1S/C16H11N3O5/c20-14-7-6-12(19(23)24)8-10(14)9-13-15(21)17-18(16(13)22)11-4-2-1-3-5-11/h1-9,20H,(H,17,21)/b13-9+. The van der Waals surface area contributed by atoms with Crippen LogP contribution in [0, 0.1) is 10.1 Å². The molecule has 0 bridgehead atoms. The fraction of sp³-hybridized carbons (Fsp3) is 0. The van der Waals surface area contributed by atoms with E-state index in [0.717, 1.165) is 29.3 Å².